The Morgan fingerprint density at radius 3 is 2.88 bits per heavy atom. The molecule has 0 aliphatic carbocycles. The third-order valence-corrected chi connectivity index (χ3v) is 6.64. The van der Waals surface area contributed by atoms with E-state index in [1.807, 2.05) is 6.21 Å². The molecule has 3 atom stereocenters. The molecule has 3 aliphatic heterocycles. The summed E-state index contributed by atoms with van der Waals surface area (Å²) in [4.78, 5) is 21.3. The van der Waals surface area contributed by atoms with Crippen LogP contribution in [0.4, 0.5) is 5.69 Å². The molecule has 0 saturated carbocycles. The summed E-state index contributed by atoms with van der Waals surface area (Å²) in [6.45, 7) is 7.16. The molecule has 3 aliphatic rings. The lowest BCUT2D eigenvalue weighted by molar-refractivity contribution is -0.124. The van der Waals surface area contributed by atoms with Gasteiger partial charge in [-0.25, -0.2) is 0 Å². The zero-order valence-corrected chi connectivity index (χ0v) is 15.2. The molecule has 2 saturated heterocycles. The van der Waals surface area contributed by atoms with Gasteiger partial charge in [0, 0.05) is 51.1 Å². The number of hydrogen-bond acceptors (Lipinski definition) is 4. The van der Waals surface area contributed by atoms with Gasteiger partial charge in [0.05, 0.1) is 11.7 Å². The first kappa shape index (κ1) is 16.2. The molecule has 0 bridgehead atoms. The maximum absolute atomic E-state index is 11.9. The maximum atomic E-state index is 11.9. The Morgan fingerprint density at radius 2 is 2.12 bits per heavy atom. The predicted octanol–water partition coefficient (Wildman–Crippen LogP) is 1.27. The van der Waals surface area contributed by atoms with Crippen molar-refractivity contribution in [3.05, 3.63) is 23.8 Å². The number of carbonyl (C=O) groups excluding carboxylic acids is 1. The van der Waals surface area contributed by atoms with Gasteiger partial charge in [-0.1, -0.05) is 14.6 Å². The number of fused-ring (bicyclic) bond motifs is 1. The lowest BCUT2D eigenvalue weighted by atomic mass is 10.0. The summed E-state index contributed by atoms with van der Waals surface area (Å²) in [6, 6.07) is 7.28. The fourth-order valence-electron chi connectivity index (χ4n) is 3.94. The van der Waals surface area contributed by atoms with E-state index in [4.69, 9.17) is 0 Å². The topological polar surface area (TPSA) is 47.9 Å². The summed E-state index contributed by atoms with van der Waals surface area (Å²) >= 11 is 0. The van der Waals surface area contributed by atoms with Crippen LogP contribution in [0.3, 0.4) is 0 Å². The third kappa shape index (κ3) is 3.13. The van der Waals surface area contributed by atoms with Crippen molar-refractivity contribution in [3.63, 3.8) is 0 Å². The van der Waals surface area contributed by atoms with Crippen LogP contribution in [0.25, 0.3) is 0 Å². The molecule has 2 fully saturated rings. The highest BCUT2D eigenvalue weighted by Crippen LogP contribution is 2.29. The first-order valence-electron chi connectivity index (χ1n) is 8.88. The quantitative estimate of drug-likeness (QED) is 0.840. The normalized spacial score (nSPS) is 27.2. The fraction of sp³-hybridized carbons (Fsp3) is 0.556. The second-order valence-electron chi connectivity index (χ2n) is 6.81. The Balaban J connectivity index is 1.40. The minimum atomic E-state index is 0.102. The van der Waals surface area contributed by atoms with E-state index in [0.29, 0.717) is 6.04 Å². The molecule has 1 amide bonds. The van der Waals surface area contributed by atoms with E-state index in [2.05, 4.69) is 45.2 Å². The van der Waals surface area contributed by atoms with Crippen molar-refractivity contribution in [1.29, 1.82) is 0 Å². The van der Waals surface area contributed by atoms with Crippen molar-refractivity contribution in [2.24, 2.45) is 4.99 Å². The summed E-state index contributed by atoms with van der Waals surface area (Å²) in [6.07, 6.45) is 4.07. The highest BCUT2D eigenvalue weighted by atomic mass is 31.1. The summed E-state index contributed by atoms with van der Waals surface area (Å²) in [5.41, 5.74) is 2.54. The Kier molecular flexibility index (Phi) is 4.66. The van der Waals surface area contributed by atoms with Crippen molar-refractivity contribution in [1.82, 2.24) is 15.1 Å². The van der Waals surface area contributed by atoms with E-state index in [1.165, 1.54) is 10.9 Å². The average molecular weight is 344 g/mol. The van der Waals surface area contributed by atoms with Gasteiger partial charge in [0.1, 0.15) is 0 Å². The Labute approximate surface area is 145 Å². The van der Waals surface area contributed by atoms with Crippen molar-refractivity contribution in [2.45, 2.75) is 25.4 Å². The van der Waals surface area contributed by atoms with E-state index in [9.17, 15) is 4.79 Å². The van der Waals surface area contributed by atoms with Gasteiger partial charge in [-0.15, -0.1) is 0 Å². The molecule has 1 aromatic rings. The molecule has 1 N–H and O–H groups in total. The van der Waals surface area contributed by atoms with Gasteiger partial charge < -0.3 is 5.32 Å². The van der Waals surface area contributed by atoms with Crippen molar-refractivity contribution in [3.8, 4) is 0 Å². The molecule has 4 rings (SSSR count). The summed E-state index contributed by atoms with van der Waals surface area (Å²) in [5.74, 6) is 0.215. The van der Waals surface area contributed by atoms with Crippen LogP contribution >= 0.6 is 8.58 Å². The number of rotatable bonds is 3. The Morgan fingerprint density at radius 1 is 1.29 bits per heavy atom. The molecule has 24 heavy (non-hydrogen) atoms. The molecule has 3 heterocycles. The van der Waals surface area contributed by atoms with Gasteiger partial charge in [0.15, 0.2) is 0 Å². The lowest BCUT2D eigenvalue weighted by Gasteiger charge is -2.40. The number of nitrogens with one attached hydrogen (secondary N) is 1. The van der Waals surface area contributed by atoms with Crippen molar-refractivity contribution >= 4 is 31.7 Å². The number of hydrogen-bond donors (Lipinski definition) is 1. The van der Waals surface area contributed by atoms with Crippen LogP contribution in [0.2, 0.25) is 0 Å². The Bertz CT molecular complexity index is 654. The molecule has 0 radical (unpaired) electrons. The van der Waals surface area contributed by atoms with Gasteiger partial charge in [0.2, 0.25) is 5.91 Å². The van der Waals surface area contributed by atoms with E-state index >= 15 is 0 Å². The number of carbonyl (C=O) groups is 1. The molecule has 3 unspecified atom stereocenters. The van der Waals surface area contributed by atoms with Crippen LogP contribution in [0.15, 0.2) is 23.2 Å². The molecule has 1 aromatic carbocycles. The van der Waals surface area contributed by atoms with Crippen LogP contribution in [0.1, 0.15) is 24.9 Å². The first-order valence-corrected chi connectivity index (χ1v) is 10.1. The number of nitrogens with zero attached hydrogens (tertiary/aromatic N) is 3. The van der Waals surface area contributed by atoms with Crippen LogP contribution in [-0.4, -0.2) is 66.8 Å². The third-order valence-electron chi connectivity index (χ3n) is 5.47. The predicted molar refractivity (Wildman–Crippen MR) is 100 cm³/mol. The number of benzene rings is 1. The lowest BCUT2D eigenvalue weighted by Crippen LogP contribution is -2.52. The summed E-state index contributed by atoms with van der Waals surface area (Å²) < 4.78 is 0. The van der Waals surface area contributed by atoms with Crippen LogP contribution in [0, 0.1) is 0 Å². The molecular weight excluding hydrogens is 319 g/mol. The van der Waals surface area contributed by atoms with Crippen molar-refractivity contribution < 1.29 is 4.79 Å². The minimum absolute atomic E-state index is 0.102. The number of amides is 1. The zero-order valence-electron chi connectivity index (χ0n) is 14.2. The smallest absolute Gasteiger partial charge is 0.237 e. The molecule has 5 nitrogen and oxygen atoms in total. The minimum Gasteiger partial charge on any atom is -0.355 e. The molecule has 128 valence electrons. The van der Waals surface area contributed by atoms with Gasteiger partial charge in [-0.3, -0.25) is 19.6 Å². The van der Waals surface area contributed by atoms with Gasteiger partial charge in [0.25, 0.3) is 0 Å². The molecule has 0 aromatic heterocycles. The van der Waals surface area contributed by atoms with Gasteiger partial charge >= 0.3 is 0 Å². The molecule has 0 spiro atoms. The number of aliphatic imine (C=N–C) groups is 1. The molecule has 6 heteroatoms. The fourth-order valence-corrected chi connectivity index (χ4v) is 4.94. The first-order chi connectivity index (χ1) is 11.7. The van der Waals surface area contributed by atoms with Crippen LogP contribution < -0.4 is 10.6 Å². The van der Waals surface area contributed by atoms with E-state index in [1.54, 1.807) is 0 Å². The number of piperazine rings is 1. The monoisotopic (exact) mass is 344 g/mol. The zero-order chi connectivity index (χ0) is 16.5. The van der Waals surface area contributed by atoms with E-state index in [-0.39, 0.29) is 11.9 Å². The largest absolute Gasteiger partial charge is 0.355 e. The highest BCUT2D eigenvalue weighted by molar-refractivity contribution is 7.48. The van der Waals surface area contributed by atoms with E-state index in [0.717, 1.165) is 59.6 Å². The van der Waals surface area contributed by atoms with Crippen LogP contribution in [0.5, 0.6) is 0 Å². The average Bonchev–Trinajstić information content (AvgIpc) is 3.07. The van der Waals surface area contributed by atoms with Crippen molar-refractivity contribution in [2.75, 3.05) is 38.9 Å². The maximum Gasteiger partial charge on any atom is 0.237 e. The second-order valence-corrected chi connectivity index (χ2v) is 8.11. The highest BCUT2D eigenvalue weighted by Gasteiger charge is 2.33. The summed E-state index contributed by atoms with van der Waals surface area (Å²) in [5, 5.41) is 4.36. The molecular formula is C18H25N4OP. The summed E-state index contributed by atoms with van der Waals surface area (Å²) in [7, 11) is 0.847. The Hall–Kier alpha value is -1.29. The standard InChI is InChI=1S/C18H25N4OP/c1-13(14-2-3-15-17(12-14)24-11-6-19-15)21-7-9-22(10-8-21)16-4-5-20-18(16)23/h2-3,6,12-13,16,24H,4-5,7-11H2,1H3,(H,20,23). The van der Waals surface area contributed by atoms with Crippen LogP contribution in [-0.2, 0) is 4.79 Å². The van der Waals surface area contributed by atoms with E-state index < -0.39 is 0 Å². The SMILES string of the molecule is CC(c1ccc2c(c1)PCC=N2)N1CCN(C2CCNC2=O)CC1. The second kappa shape index (κ2) is 6.91. The van der Waals surface area contributed by atoms with Gasteiger partial charge in [-0.2, -0.15) is 0 Å². The van der Waals surface area contributed by atoms with Gasteiger partial charge in [-0.05, 0) is 36.3 Å².